The number of benzene rings is 1. The third kappa shape index (κ3) is 3.14. The summed E-state index contributed by atoms with van der Waals surface area (Å²) in [6, 6.07) is 8.45. The van der Waals surface area contributed by atoms with Gasteiger partial charge in [-0.2, -0.15) is 0 Å². The van der Waals surface area contributed by atoms with Gasteiger partial charge in [-0.3, -0.25) is 0 Å². The Morgan fingerprint density at radius 3 is 2.72 bits per heavy atom. The number of hydrogen-bond donors (Lipinski definition) is 1. The van der Waals surface area contributed by atoms with Crippen LogP contribution < -0.4 is 0 Å². The van der Waals surface area contributed by atoms with Crippen molar-refractivity contribution >= 4 is 0 Å². The van der Waals surface area contributed by atoms with Gasteiger partial charge in [0.1, 0.15) is 0 Å². The first-order valence-corrected chi connectivity index (χ1v) is 7.57. The fourth-order valence-corrected chi connectivity index (χ4v) is 3.18. The highest BCUT2D eigenvalue weighted by Crippen LogP contribution is 2.38. The molecule has 0 saturated carbocycles. The van der Waals surface area contributed by atoms with Gasteiger partial charge < -0.3 is 5.11 Å². The first-order valence-electron chi connectivity index (χ1n) is 7.57. The highest BCUT2D eigenvalue weighted by atomic mass is 16.3. The van der Waals surface area contributed by atoms with E-state index in [1.165, 1.54) is 36.8 Å². The van der Waals surface area contributed by atoms with E-state index in [0.717, 1.165) is 32.1 Å². The molecule has 1 aromatic rings. The Morgan fingerprint density at radius 1 is 1.11 bits per heavy atom. The molecule has 1 N–H and O–H groups in total. The molecule has 18 heavy (non-hydrogen) atoms. The lowest BCUT2D eigenvalue weighted by Crippen LogP contribution is -2.30. The summed E-state index contributed by atoms with van der Waals surface area (Å²) >= 11 is 0. The molecule has 0 radical (unpaired) electrons. The minimum atomic E-state index is -0.541. The monoisotopic (exact) mass is 246 g/mol. The molecule has 0 heterocycles. The normalized spacial score (nSPS) is 22.8. The van der Waals surface area contributed by atoms with E-state index in [2.05, 4.69) is 31.2 Å². The zero-order valence-electron chi connectivity index (χ0n) is 11.6. The van der Waals surface area contributed by atoms with E-state index in [1.54, 1.807) is 0 Å². The van der Waals surface area contributed by atoms with E-state index in [9.17, 15) is 5.11 Å². The molecule has 1 heteroatoms. The molecule has 1 nitrogen and oxygen atoms in total. The van der Waals surface area contributed by atoms with Crippen LogP contribution in [-0.2, 0) is 12.0 Å². The Morgan fingerprint density at radius 2 is 1.89 bits per heavy atom. The largest absolute Gasteiger partial charge is 0.385 e. The summed E-state index contributed by atoms with van der Waals surface area (Å²) in [5, 5.41) is 10.9. The van der Waals surface area contributed by atoms with Gasteiger partial charge in [-0.25, -0.2) is 0 Å². The SMILES string of the molecule is CCCCCCCC1(O)CCCc2ccccc21. The van der Waals surface area contributed by atoms with Crippen LogP contribution in [0, 0.1) is 0 Å². The van der Waals surface area contributed by atoms with Gasteiger partial charge in [0.15, 0.2) is 0 Å². The van der Waals surface area contributed by atoms with Crippen LogP contribution in [0.1, 0.15) is 69.4 Å². The van der Waals surface area contributed by atoms with E-state index in [0.29, 0.717) is 0 Å². The number of fused-ring (bicyclic) bond motifs is 1. The van der Waals surface area contributed by atoms with Crippen LogP contribution in [0.3, 0.4) is 0 Å². The molecule has 1 aromatic carbocycles. The summed E-state index contributed by atoms with van der Waals surface area (Å²) in [7, 11) is 0. The molecule has 0 aromatic heterocycles. The molecule has 1 aliphatic rings. The predicted molar refractivity (Wildman–Crippen MR) is 76.7 cm³/mol. The van der Waals surface area contributed by atoms with Crippen LogP contribution >= 0.6 is 0 Å². The third-order valence-corrected chi connectivity index (χ3v) is 4.25. The van der Waals surface area contributed by atoms with E-state index < -0.39 is 5.60 Å². The average molecular weight is 246 g/mol. The smallest absolute Gasteiger partial charge is 0.0899 e. The van der Waals surface area contributed by atoms with Crippen molar-refractivity contribution in [3.05, 3.63) is 35.4 Å². The molecule has 0 saturated heterocycles. The van der Waals surface area contributed by atoms with Crippen molar-refractivity contribution in [2.24, 2.45) is 0 Å². The molecule has 1 atom stereocenters. The zero-order valence-corrected chi connectivity index (χ0v) is 11.6. The fourth-order valence-electron chi connectivity index (χ4n) is 3.18. The second-order valence-electron chi connectivity index (χ2n) is 5.71. The highest BCUT2D eigenvalue weighted by molar-refractivity contribution is 5.34. The second kappa shape index (κ2) is 6.38. The molecular weight excluding hydrogens is 220 g/mol. The van der Waals surface area contributed by atoms with Crippen molar-refractivity contribution in [1.29, 1.82) is 0 Å². The maximum Gasteiger partial charge on any atom is 0.0899 e. The fraction of sp³-hybridized carbons (Fsp3) is 0.647. The highest BCUT2D eigenvalue weighted by Gasteiger charge is 2.33. The van der Waals surface area contributed by atoms with Crippen molar-refractivity contribution < 1.29 is 5.11 Å². The molecule has 0 fully saturated rings. The van der Waals surface area contributed by atoms with Crippen molar-refractivity contribution in [3.63, 3.8) is 0 Å². The van der Waals surface area contributed by atoms with Crippen molar-refractivity contribution in [3.8, 4) is 0 Å². The summed E-state index contributed by atoms with van der Waals surface area (Å²) in [5.41, 5.74) is 2.02. The topological polar surface area (TPSA) is 20.2 Å². The Bertz CT molecular complexity index is 372. The third-order valence-electron chi connectivity index (χ3n) is 4.25. The van der Waals surface area contributed by atoms with Gasteiger partial charge >= 0.3 is 0 Å². The van der Waals surface area contributed by atoms with Crippen molar-refractivity contribution in [1.82, 2.24) is 0 Å². The van der Waals surface area contributed by atoms with E-state index in [-0.39, 0.29) is 0 Å². The summed E-state index contributed by atoms with van der Waals surface area (Å²) in [5.74, 6) is 0. The van der Waals surface area contributed by atoms with Gasteiger partial charge in [0.25, 0.3) is 0 Å². The molecule has 0 spiro atoms. The molecular formula is C17H26O. The van der Waals surface area contributed by atoms with E-state index in [4.69, 9.17) is 0 Å². The zero-order chi connectivity index (χ0) is 12.8. The summed E-state index contributed by atoms with van der Waals surface area (Å²) in [6.07, 6.45) is 10.5. The van der Waals surface area contributed by atoms with Gasteiger partial charge in [0.2, 0.25) is 0 Å². The van der Waals surface area contributed by atoms with Gasteiger partial charge in [0, 0.05) is 0 Å². The van der Waals surface area contributed by atoms with Crippen LogP contribution in [0.2, 0.25) is 0 Å². The van der Waals surface area contributed by atoms with Gasteiger partial charge in [-0.1, -0.05) is 63.3 Å². The quantitative estimate of drug-likeness (QED) is 0.729. The van der Waals surface area contributed by atoms with Crippen LogP contribution in [0.4, 0.5) is 0 Å². The summed E-state index contributed by atoms with van der Waals surface area (Å²) in [4.78, 5) is 0. The molecule has 0 bridgehead atoms. The Labute approximate surface area is 111 Å². The molecule has 2 rings (SSSR count). The molecule has 1 unspecified atom stereocenters. The van der Waals surface area contributed by atoms with Crippen LogP contribution in [-0.4, -0.2) is 5.11 Å². The summed E-state index contributed by atoms with van der Waals surface area (Å²) in [6.45, 7) is 2.24. The summed E-state index contributed by atoms with van der Waals surface area (Å²) < 4.78 is 0. The lowest BCUT2D eigenvalue weighted by Gasteiger charge is -2.34. The van der Waals surface area contributed by atoms with Crippen LogP contribution in [0.5, 0.6) is 0 Å². The minimum Gasteiger partial charge on any atom is -0.385 e. The van der Waals surface area contributed by atoms with E-state index >= 15 is 0 Å². The number of hydrogen-bond acceptors (Lipinski definition) is 1. The first-order chi connectivity index (χ1) is 8.76. The van der Waals surface area contributed by atoms with Crippen molar-refractivity contribution in [2.75, 3.05) is 0 Å². The standard InChI is InChI=1S/C17H26O/c1-2-3-4-5-8-13-17(18)14-9-11-15-10-6-7-12-16(15)17/h6-7,10,12,18H,2-5,8-9,11,13-14H2,1H3. The maximum absolute atomic E-state index is 10.9. The predicted octanol–water partition coefficient (Wildman–Crippen LogP) is 4.57. The number of aliphatic hydroxyl groups is 1. The molecule has 100 valence electrons. The molecule has 1 aliphatic carbocycles. The number of rotatable bonds is 6. The molecule has 0 amide bonds. The maximum atomic E-state index is 10.9. The number of aryl methyl sites for hydroxylation is 1. The van der Waals surface area contributed by atoms with Gasteiger partial charge in [-0.15, -0.1) is 0 Å². The lowest BCUT2D eigenvalue weighted by atomic mass is 9.76. The van der Waals surface area contributed by atoms with Gasteiger partial charge in [0.05, 0.1) is 5.60 Å². The van der Waals surface area contributed by atoms with Crippen LogP contribution in [0.15, 0.2) is 24.3 Å². The first kappa shape index (κ1) is 13.6. The minimum absolute atomic E-state index is 0.541. The van der Waals surface area contributed by atoms with Crippen LogP contribution in [0.25, 0.3) is 0 Å². The lowest BCUT2D eigenvalue weighted by molar-refractivity contribution is 0.00756. The average Bonchev–Trinajstić information content (AvgIpc) is 2.39. The molecule has 0 aliphatic heterocycles. The Kier molecular flexibility index (Phi) is 4.82. The Balaban J connectivity index is 1.95. The van der Waals surface area contributed by atoms with E-state index in [1.807, 2.05) is 0 Å². The number of unbranched alkanes of at least 4 members (excludes halogenated alkanes) is 4. The van der Waals surface area contributed by atoms with Gasteiger partial charge in [-0.05, 0) is 36.8 Å². The second-order valence-corrected chi connectivity index (χ2v) is 5.71. The Hall–Kier alpha value is -0.820. The van der Waals surface area contributed by atoms with Crippen molar-refractivity contribution in [2.45, 2.75) is 70.3 Å².